The molecule has 20 heavy (non-hydrogen) atoms. The molecule has 2 unspecified atom stereocenters. The highest BCUT2D eigenvalue weighted by atomic mass is 16.3. The van der Waals surface area contributed by atoms with E-state index in [1.807, 2.05) is 10.9 Å². The Bertz CT molecular complexity index is 404. The van der Waals surface area contributed by atoms with Crippen molar-refractivity contribution in [1.82, 2.24) is 19.9 Å². The zero-order chi connectivity index (χ0) is 14.5. The van der Waals surface area contributed by atoms with Gasteiger partial charge in [0.1, 0.15) is 0 Å². The molecule has 0 radical (unpaired) electrons. The highest BCUT2D eigenvalue weighted by Gasteiger charge is 2.25. The van der Waals surface area contributed by atoms with Gasteiger partial charge in [0.05, 0.1) is 24.0 Å². The Kier molecular flexibility index (Phi) is 5.54. The fourth-order valence-corrected chi connectivity index (χ4v) is 2.78. The Balaban J connectivity index is 1.88. The van der Waals surface area contributed by atoms with Gasteiger partial charge in [0.2, 0.25) is 0 Å². The molecule has 0 aliphatic heterocycles. The van der Waals surface area contributed by atoms with Crippen molar-refractivity contribution in [1.29, 1.82) is 0 Å². The molecular formula is C15H28N4O. The van der Waals surface area contributed by atoms with E-state index < -0.39 is 0 Å². The third-order valence-electron chi connectivity index (χ3n) is 4.11. The van der Waals surface area contributed by atoms with Gasteiger partial charge < -0.3 is 10.0 Å². The van der Waals surface area contributed by atoms with Crippen molar-refractivity contribution in [3.8, 4) is 0 Å². The van der Waals surface area contributed by atoms with Crippen LogP contribution in [0.4, 0.5) is 0 Å². The zero-order valence-electron chi connectivity index (χ0n) is 13.0. The first-order chi connectivity index (χ1) is 9.56. The molecule has 0 bridgehead atoms. The van der Waals surface area contributed by atoms with Gasteiger partial charge >= 0.3 is 0 Å². The Morgan fingerprint density at radius 3 is 2.85 bits per heavy atom. The second-order valence-electron chi connectivity index (χ2n) is 6.53. The van der Waals surface area contributed by atoms with Gasteiger partial charge in [-0.1, -0.05) is 31.9 Å². The molecule has 0 amide bonds. The minimum absolute atomic E-state index is 0.117. The number of hydrogen-bond acceptors (Lipinski definition) is 4. The predicted octanol–water partition coefficient (Wildman–Crippen LogP) is 2.23. The first kappa shape index (κ1) is 15.4. The van der Waals surface area contributed by atoms with E-state index in [2.05, 4.69) is 36.1 Å². The molecule has 1 heterocycles. The molecule has 0 saturated heterocycles. The zero-order valence-corrected chi connectivity index (χ0v) is 13.0. The molecule has 1 aliphatic rings. The number of hydrogen-bond donors (Lipinski definition) is 1. The van der Waals surface area contributed by atoms with Crippen molar-refractivity contribution in [3.63, 3.8) is 0 Å². The van der Waals surface area contributed by atoms with Crippen molar-refractivity contribution in [2.45, 2.75) is 64.6 Å². The first-order valence-electron chi connectivity index (χ1n) is 7.83. The molecule has 1 N–H and O–H groups in total. The Morgan fingerprint density at radius 1 is 1.40 bits per heavy atom. The number of aliphatic hydroxyl groups is 1. The van der Waals surface area contributed by atoms with Crippen LogP contribution >= 0.6 is 0 Å². The van der Waals surface area contributed by atoms with Crippen LogP contribution in [0.5, 0.6) is 0 Å². The number of aromatic nitrogens is 3. The summed E-state index contributed by atoms with van der Waals surface area (Å²) in [4.78, 5) is 2.28. The van der Waals surface area contributed by atoms with Gasteiger partial charge in [0.25, 0.3) is 0 Å². The summed E-state index contributed by atoms with van der Waals surface area (Å²) in [5.74, 6) is 0.727. The van der Waals surface area contributed by atoms with Gasteiger partial charge in [-0.2, -0.15) is 0 Å². The molecule has 114 valence electrons. The van der Waals surface area contributed by atoms with Crippen LogP contribution in [0.2, 0.25) is 0 Å². The Labute approximate surface area is 122 Å². The molecule has 2 rings (SSSR count). The molecule has 1 fully saturated rings. The summed E-state index contributed by atoms with van der Waals surface area (Å²) in [5.41, 5.74) is 0.994. The molecule has 5 nitrogen and oxygen atoms in total. The van der Waals surface area contributed by atoms with Gasteiger partial charge in [-0.05, 0) is 38.8 Å². The normalized spacial score (nSPS) is 23.7. The van der Waals surface area contributed by atoms with E-state index in [-0.39, 0.29) is 12.1 Å². The maximum atomic E-state index is 10.1. The lowest BCUT2D eigenvalue weighted by Crippen LogP contribution is -2.28. The molecule has 1 aromatic heterocycles. The summed E-state index contributed by atoms with van der Waals surface area (Å²) < 4.78 is 1.87. The maximum Gasteiger partial charge on any atom is 0.0967 e. The predicted molar refractivity (Wildman–Crippen MR) is 79.3 cm³/mol. The summed E-state index contributed by atoms with van der Waals surface area (Å²) >= 11 is 0. The van der Waals surface area contributed by atoms with E-state index in [1.54, 1.807) is 0 Å². The standard InChI is InChI=1S/C15H28N4O/c1-12(2)8-9-18(3)10-13-11-19(17-16-13)14-6-4-5-7-15(14)20/h11-12,14-15,20H,4-10H2,1-3H3. The summed E-state index contributed by atoms with van der Waals surface area (Å²) in [6, 6.07) is 0.117. The quantitative estimate of drug-likeness (QED) is 0.868. The van der Waals surface area contributed by atoms with Crippen molar-refractivity contribution < 1.29 is 5.11 Å². The largest absolute Gasteiger partial charge is 0.391 e. The highest BCUT2D eigenvalue weighted by Crippen LogP contribution is 2.27. The van der Waals surface area contributed by atoms with Gasteiger partial charge in [-0.15, -0.1) is 5.10 Å². The van der Waals surface area contributed by atoms with Crippen LogP contribution in [-0.4, -0.2) is 44.7 Å². The fraction of sp³-hybridized carbons (Fsp3) is 0.867. The average Bonchev–Trinajstić information content (AvgIpc) is 2.85. The molecular weight excluding hydrogens is 252 g/mol. The number of aliphatic hydroxyl groups excluding tert-OH is 1. The fourth-order valence-electron chi connectivity index (χ4n) is 2.78. The van der Waals surface area contributed by atoms with Crippen molar-refractivity contribution in [2.24, 2.45) is 5.92 Å². The number of rotatable bonds is 6. The average molecular weight is 280 g/mol. The van der Waals surface area contributed by atoms with Crippen molar-refractivity contribution >= 4 is 0 Å². The monoisotopic (exact) mass is 280 g/mol. The van der Waals surface area contributed by atoms with Crippen LogP contribution in [0.3, 0.4) is 0 Å². The summed E-state index contributed by atoms with van der Waals surface area (Å²) in [6.07, 6.45) is 7.12. The molecule has 1 aliphatic carbocycles. The Morgan fingerprint density at radius 2 is 2.15 bits per heavy atom. The van der Waals surface area contributed by atoms with Gasteiger partial charge in [-0.3, -0.25) is 0 Å². The second-order valence-corrected chi connectivity index (χ2v) is 6.53. The third-order valence-corrected chi connectivity index (χ3v) is 4.11. The lowest BCUT2D eigenvalue weighted by molar-refractivity contribution is 0.0685. The van der Waals surface area contributed by atoms with E-state index in [4.69, 9.17) is 0 Å². The van der Waals surface area contributed by atoms with Gasteiger partial charge in [0, 0.05) is 6.54 Å². The van der Waals surface area contributed by atoms with E-state index in [9.17, 15) is 5.11 Å². The SMILES string of the molecule is CC(C)CCN(C)Cc1cn(C2CCCCC2O)nn1. The third kappa shape index (κ3) is 4.28. The first-order valence-corrected chi connectivity index (χ1v) is 7.83. The van der Waals surface area contributed by atoms with E-state index in [0.29, 0.717) is 0 Å². The molecule has 1 aromatic rings. The van der Waals surface area contributed by atoms with Crippen LogP contribution in [0.1, 0.15) is 57.7 Å². The van der Waals surface area contributed by atoms with Crippen LogP contribution in [0.25, 0.3) is 0 Å². The lowest BCUT2D eigenvalue weighted by Gasteiger charge is -2.27. The lowest BCUT2D eigenvalue weighted by atomic mass is 9.93. The summed E-state index contributed by atoms with van der Waals surface area (Å²) in [5, 5.41) is 18.5. The van der Waals surface area contributed by atoms with E-state index in [1.165, 1.54) is 12.8 Å². The summed E-state index contributed by atoms with van der Waals surface area (Å²) in [6.45, 7) is 6.40. The van der Waals surface area contributed by atoms with E-state index >= 15 is 0 Å². The topological polar surface area (TPSA) is 54.2 Å². The minimum atomic E-state index is -0.267. The minimum Gasteiger partial charge on any atom is -0.391 e. The van der Waals surface area contributed by atoms with Crippen molar-refractivity contribution in [2.75, 3.05) is 13.6 Å². The molecule has 5 heteroatoms. The second kappa shape index (κ2) is 7.18. The summed E-state index contributed by atoms with van der Waals surface area (Å²) in [7, 11) is 2.12. The van der Waals surface area contributed by atoms with Gasteiger partial charge in [-0.25, -0.2) is 4.68 Å². The van der Waals surface area contributed by atoms with E-state index in [0.717, 1.165) is 44.0 Å². The number of nitrogens with zero attached hydrogens (tertiary/aromatic N) is 4. The van der Waals surface area contributed by atoms with Crippen LogP contribution in [0.15, 0.2) is 6.20 Å². The highest BCUT2D eigenvalue weighted by molar-refractivity contribution is 4.94. The maximum absolute atomic E-state index is 10.1. The van der Waals surface area contributed by atoms with Crippen LogP contribution < -0.4 is 0 Å². The molecule has 1 saturated carbocycles. The van der Waals surface area contributed by atoms with Crippen LogP contribution in [-0.2, 0) is 6.54 Å². The molecule has 0 spiro atoms. The van der Waals surface area contributed by atoms with Crippen molar-refractivity contribution in [3.05, 3.63) is 11.9 Å². The molecule has 0 aromatic carbocycles. The van der Waals surface area contributed by atoms with Crippen LogP contribution in [0, 0.1) is 5.92 Å². The van der Waals surface area contributed by atoms with Gasteiger partial charge in [0.15, 0.2) is 0 Å². The molecule has 2 atom stereocenters. The Hall–Kier alpha value is -0.940. The smallest absolute Gasteiger partial charge is 0.0967 e.